The van der Waals surface area contributed by atoms with Gasteiger partial charge in [-0.3, -0.25) is 4.79 Å². The van der Waals surface area contributed by atoms with E-state index in [1.807, 2.05) is 0 Å². The van der Waals surface area contributed by atoms with Crippen molar-refractivity contribution >= 4 is 18.3 Å². The van der Waals surface area contributed by atoms with E-state index in [4.69, 9.17) is 0 Å². The monoisotopic (exact) mass is 272 g/mol. The van der Waals surface area contributed by atoms with Gasteiger partial charge in [-0.15, -0.1) is 12.4 Å². The molecule has 2 bridgehead atoms. The molecule has 3 nitrogen and oxygen atoms in total. The van der Waals surface area contributed by atoms with Gasteiger partial charge in [0.1, 0.15) is 0 Å². The summed E-state index contributed by atoms with van der Waals surface area (Å²) in [5.74, 6) is 3.29. The number of piperidine rings is 1. The molecule has 104 valence electrons. The van der Waals surface area contributed by atoms with Gasteiger partial charge in [0.25, 0.3) is 0 Å². The number of halogens is 1. The van der Waals surface area contributed by atoms with Crippen molar-refractivity contribution in [2.45, 2.75) is 38.5 Å². The molecule has 2 N–H and O–H groups in total. The molecule has 3 aliphatic rings. The molecule has 3 fully saturated rings. The first-order valence-electron chi connectivity index (χ1n) is 7.31. The zero-order valence-corrected chi connectivity index (χ0v) is 11.8. The van der Waals surface area contributed by atoms with E-state index < -0.39 is 0 Å². The van der Waals surface area contributed by atoms with Gasteiger partial charge in [0.2, 0.25) is 5.91 Å². The number of nitrogens with one attached hydrogen (secondary N) is 2. The van der Waals surface area contributed by atoms with Crippen LogP contribution in [0.5, 0.6) is 0 Å². The second-order valence-electron chi connectivity index (χ2n) is 6.20. The second-order valence-corrected chi connectivity index (χ2v) is 6.20. The molecule has 0 spiro atoms. The molecule has 3 atom stereocenters. The van der Waals surface area contributed by atoms with Crippen molar-refractivity contribution in [1.29, 1.82) is 0 Å². The summed E-state index contributed by atoms with van der Waals surface area (Å²) in [6.45, 7) is 2.96. The van der Waals surface area contributed by atoms with Gasteiger partial charge in [0.05, 0.1) is 0 Å². The van der Waals surface area contributed by atoms with Gasteiger partial charge in [0.15, 0.2) is 0 Å². The zero-order chi connectivity index (χ0) is 11.7. The molecule has 0 aromatic heterocycles. The number of fused-ring (bicyclic) bond motifs is 2. The molecule has 1 amide bonds. The lowest BCUT2D eigenvalue weighted by Gasteiger charge is -2.25. The Balaban J connectivity index is 0.00000120. The Labute approximate surface area is 116 Å². The van der Waals surface area contributed by atoms with Crippen LogP contribution < -0.4 is 10.6 Å². The normalized spacial score (nSPS) is 35.2. The smallest absolute Gasteiger partial charge is 0.223 e. The molecule has 0 radical (unpaired) electrons. The number of amides is 1. The summed E-state index contributed by atoms with van der Waals surface area (Å²) >= 11 is 0. The number of hydrogen-bond donors (Lipinski definition) is 2. The summed E-state index contributed by atoms with van der Waals surface area (Å²) in [6, 6.07) is 0. The molecule has 18 heavy (non-hydrogen) atoms. The van der Waals surface area contributed by atoms with Crippen LogP contribution in [0.15, 0.2) is 0 Å². The predicted molar refractivity (Wildman–Crippen MR) is 74.8 cm³/mol. The van der Waals surface area contributed by atoms with Gasteiger partial charge in [-0.25, -0.2) is 0 Å². The van der Waals surface area contributed by atoms with Gasteiger partial charge >= 0.3 is 0 Å². The third-order valence-electron chi connectivity index (χ3n) is 5.13. The average Bonchev–Trinajstić information content (AvgIpc) is 2.99. The van der Waals surface area contributed by atoms with E-state index in [1.165, 1.54) is 25.7 Å². The molecule has 2 aliphatic carbocycles. The summed E-state index contributed by atoms with van der Waals surface area (Å²) in [4.78, 5) is 12.0. The molecule has 3 unspecified atom stereocenters. The molecule has 2 saturated carbocycles. The highest BCUT2D eigenvalue weighted by Crippen LogP contribution is 2.47. The maximum Gasteiger partial charge on any atom is 0.223 e. The van der Waals surface area contributed by atoms with E-state index in [2.05, 4.69) is 10.6 Å². The summed E-state index contributed by atoms with van der Waals surface area (Å²) in [7, 11) is 0. The summed E-state index contributed by atoms with van der Waals surface area (Å²) in [6.07, 6.45) is 7.71. The maximum atomic E-state index is 12.0. The van der Waals surface area contributed by atoms with Crippen LogP contribution in [0.3, 0.4) is 0 Å². The van der Waals surface area contributed by atoms with E-state index in [9.17, 15) is 4.79 Å². The largest absolute Gasteiger partial charge is 0.356 e. The highest BCUT2D eigenvalue weighted by molar-refractivity contribution is 5.85. The van der Waals surface area contributed by atoms with E-state index in [0.717, 1.165) is 50.2 Å². The minimum atomic E-state index is 0. The fourth-order valence-corrected chi connectivity index (χ4v) is 4.09. The van der Waals surface area contributed by atoms with Crippen molar-refractivity contribution in [1.82, 2.24) is 10.6 Å². The number of rotatable bonds is 3. The fraction of sp³-hybridized carbons (Fsp3) is 0.929. The quantitative estimate of drug-likeness (QED) is 0.825. The van der Waals surface area contributed by atoms with Gasteiger partial charge < -0.3 is 10.6 Å². The number of carbonyl (C=O) groups is 1. The molecule has 1 aliphatic heterocycles. The Bertz CT molecular complexity index is 292. The molecule has 1 heterocycles. The van der Waals surface area contributed by atoms with Crippen LogP contribution in [-0.4, -0.2) is 25.5 Å². The van der Waals surface area contributed by atoms with E-state index in [-0.39, 0.29) is 18.3 Å². The van der Waals surface area contributed by atoms with Crippen molar-refractivity contribution < 1.29 is 4.79 Å². The standard InChI is InChI=1S/C14H24N2O.ClH/c17-14(11-3-5-15-6-4-11)16-9-13-8-10-1-2-12(13)7-10;/h10-13,15H,1-9H2,(H,16,17);1H. The van der Waals surface area contributed by atoms with Crippen LogP contribution in [0.1, 0.15) is 38.5 Å². The Kier molecular flexibility index (Phi) is 4.91. The lowest BCUT2D eigenvalue weighted by atomic mass is 9.88. The van der Waals surface area contributed by atoms with Crippen molar-refractivity contribution in [2.75, 3.05) is 19.6 Å². The Hall–Kier alpha value is -0.280. The SMILES string of the molecule is Cl.O=C(NCC1CC2CCC1C2)C1CCNCC1. The first-order valence-corrected chi connectivity index (χ1v) is 7.31. The summed E-state index contributed by atoms with van der Waals surface area (Å²) in [5, 5.41) is 6.52. The molecule has 0 aromatic rings. The highest BCUT2D eigenvalue weighted by atomic mass is 35.5. The highest BCUT2D eigenvalue weighted by Gasteiger charge is 2.39. The summed E-state index contributed by atoms with van der Waals surface area (Å²) < 4.78 is 0. The first kappa shape index (κ1) is 14.1. The topological polar surface area (TPSA) is 41.1 Å². The number of hydrogen-bond acceptors (Lipinski definition) is 2. The minimum absolute atomic E-state index is 0. The molecular formula is C14H25ClN2O. The van der Waals surface area contributed by atoms with Gasteiger partial charge in [-0.1, -0.05) is 6.42 Å². The first-order chi connectivity index (χ1) is 8.33. The van der Waals surface area contributed by atoms with Crippen molar-refractivity contribution in [2.24, 2.45) is 23.7 Å². The zero-order valence-electron chi connectivity index (χ0n) is 11.0. The van der Waals surface area contributed by atoms with E-state index >= 15 is 0 Å². The van der Waals surface area contributed by atoms with Crippen molar-refractivity contribution in [3.8, 4) is 0 Å². The van der Waals surface area contributed by atoms with Gasteiger partial charge in [0, 0.05) is 12.5 Å². The lowest BCUT2D eigenvalue weighted by molar-refractivity contribution is -0.126. The van der Waals surface area contributed by atoms with Crippen LogP contribution in [0, 0.1) is 23.7 Å². The van der Waals surface area contributed by atoms with Crippen LogP contribution >= 0.6 is 12.4 Å². The van der Waals surface area contributed by atoms with Crippen LogP contribution in [-0.2, 0) is 4.79 Å². The minimum Gasteiger partial charge on any atom is -0.356 e. The van der Waals surface area contributed by atoms with Crippen LogP contribution in [0.2, 0.25) is 0 Å². The molecule has 0 aromatic carbocycles. The summed E-state index contributed by atoms with van der Waals surface area (Å²) in [5.41, 5.74) is 0. The second kappa shape index (κ2) is 6.25. The molecular weight excluding hydrogens is 248 g/mol. The Morgan fingerprint density at radius 3 is 2.50 bits per heavy atom. The van der Waals surface area contributed by atoms with Crippen molar-refractivity contribution in [3.05, 3.63) is 0 Å². The molecule has 1 saturated heterocycles. The van der Waals surface area contributed by atoms with Crippen molar-refractivity contribution in [3.63, 3.8) is 0 Å². The maximum absolute atomic E-state index is 12.0. The Morgan fingerprint density at radius 1 is 1.11 bits per heavy atom. The van der Waals surface area contributed by atoms with E-state index in [1.54, 1.807) is 0 Å². The van der Waals surface area contributed by atoms with Gasteiger partial charge in [-0.05, 0) is 62.9 Å². The third kappa shape index (κ3) is 3.00. The van der Waals surface area contributed by atoms with Crippen LogP contribution in [0.25, 0.3) is 0 Å². The predicted octanol–water partition coefficient (Wildman–Crippen LogP) is 1.96. The van der Waals surface area contributed by atoms with E-state index in [0.29, 0.717) is 5.91 Å². The molecule has 3 rings (SSSR count). The van der Waals surface area contributed by atoms with Crippen LogP contribution in [0.4, 0.5) is 0 Å². The lowest BCUT2D eigenvalue weighted by Crippen LogP contribution is -2.40. The average molecular weight is 273 g/mol. The molecule has 4 heteroatoms. The third-order valence-corrected chi connectivity index (χ3v) is 5.13. The fourth-order valence-electron chi connectivity index (χ4n) is 4.09. The van der Waals surface area contributed by atoms with Gasteiger partial charge in [-0.2, -0.15) is 0 Å². The number of carbonyl (C=O) groups excluding carboxylic acids is 1. The Morgan fingerprint density at radius 2 is 1.89 bits per heavy atom.